The van der Waals surface area contributed by atoms with Crippen LogP contribution in [-0.2, 0) is 4.74 Å². The fourth-order valence-corrected chi connectivity index (χ4v) is 2.86. The van der Waals surface area contributed by atoms with Crippen LogP contribution in [0.1, 0.15) is 61.3 Å². The van der Waals surface area contributed by atoms with Gasteiger partial charge >= 0.3 is 0 Å². The van der Waals surface area contributed by atoms with Crippen LogP contribution in [-0.4, -0.2) is 48.8 Å². The third kappa shape index (κ3) is 5.34. The quantitative estimate of drug-likeness (QED) is 0.810. The zero-order chi connectivity index (χ0) is 15.4. The lowest BCUT2D eigenvalue weighted by Gasteiger charge is -2.44. The molecule has 2 atom stereocenters. The Morgan fingerprint density at radius 3 is 2.25 bits per heavy atom. The summed E-state index contributed by atoms with van der Waals surface area (Å²) in [4.78, 5) is 2.63. The van der Waals surface area contributed by atoms with Gasteiger partial charge in [0.05, 0.1) is 12.7 Å². The highest BCUT2D eigenvalue weighted by molar-refractivity contribution is 4.88. The largest absolute Gasteiger partial charge is 0.376 e. The van der Waals surface area contributed by atoms with E-state index in [0.29, 0.717) is 17.6 Å². The van der Waals surface area contributed by atoms with Gasteiger partial charge in [-0.3, -0.25) is 4.90 Å². The van der Waals surface area contributed by atoms with E-state index >= 15 is 0 Å². The molecular formula is C17H36N2O. The topological polar surface area (TPSA) is 24.5 Å². The van der Waals surface area contributed by atoms with Gasteiger partial charge in [0.2, 0.25) is 0 Å². The molecule has 20 heavy (non-hydrogen) atoms. The number of rotatable bonds is 6. The molecule has 0 radical (unpaired) electrons. The maximum Gasteiger partial charge on any atom is 0.0674 e. The zero-order valence-corrected chi connectivity index (χ0v) is 14.8. The van der Waals surface area contributed by atoms with E-state index in [1.807, 2.05) is 0 Å². The minimum atomic E-state index is 0.194. The number of ether oxygens (including phenoxy) is 1. The second-order valence-electron chi connectivity index (χ2n) is 7.73. The molecule has 0 saturated carbocycles. The lowest BCUT2D eigenvalue weighted by atomic mass is 9.80. The van der Waals surface area contributed by atoms with E-state index in [0.717, 1.165) is 19.7 Å². The van der Waals surface area contributed by atoms with Crippen LogP contribution in [0.3, 0.4) is 0 Å². The molecule has 1 N–H and O–H groups in total. The highest BCUT2D eigenvalue weighted by Crippen LogP contribution is 2.29. The molecule has 1 fully saturated rings. The van der Waals surface area contributed by atoms with Crippen LogP contribution in [0.25, 0.3) is 0 Å². The summed E-state index contributed by atoms with van der Waals surface area (Å²) in [6.07, 6.45) is 2.82. The van der Waals surface area contributed by atoms with Crippen molar-refractivity contribution >= 4 is 0 Å². The Balaban J connectivity index is 2.69. The van der Waals surface area contributed by atoms with E-state index in [1.54, 1.807) is 0 Å². The van der Waals surface area contributed by atoms with Crippen LogP contribution >= 0.6 is 0 Å². The van der Waals surface area contributed by atoms with Crippen molar-refractivity contribution in [1.29, 1.82) is 0 Å². The van der Waals surface area contributed by atoms with Crippen molar-refractivity contribution in [2.45, 2.75) is 79.0 Å². The van der Waals surface area contributed by atoms with E-state index in [1.165, 1.54) is 19.4 Å². The Morgan fingerprint density at radius 1 is 1.15 bits per heavy atom. The molecule has 1 saturated heterocycles. The maximum atomic E-state index is 5.76. The van der Waals surface area contributed by atoms with Crippen LogP contribution in [0.2, 0.25) is 0 Å². The smallest absolute Gasteiger partial charge is 0.0674 e. The van der Waals surface area contributed by atoms with Gasteiger partial charge in [-0.25, -0.2) is 0 Å². The average Bonchev–Trinajstić information content (AvgIpc) is 2.38. The summed E-state index contributed by atoms with van der Waals surface area (Å²) in [6.45, 7) is 20.1. The Hall–Kier alpha value is -0.120. The van der Waals surface area contributed by atoms with E-state index in [2.05, 4.69) is 58.7 Å². The van der Waals surface area contributed by atoms with Gasteiger partial charge in [-0.2, -0.15) is 0 Å². The van der Waals surface area contributed by atoms with Crippen LogP contribution in [0, 0.1) is 5.41 Å². The molecule has 120 valence electrons. The van der Waals surface area contributed by atoms with Gasteiger partial charge in [0.25, 0.3) is 0 Å². The standard InChI is InChI=1S/C17H36N2O/c1-8-17(9-2,12-18-16(5,6)7)13-19-10-15(4)20-11-14(19)3/h14-15,18H,8-13H2,1-7H3. The molecule has 1 rings (SSSR count). The molecule has 0 aliphatic carbocycles. The average molecular weight is 284 g/mol. The van der Waals surface area contributed by atoms with Gasteiger partial charge < -0.3 is 10.1 Å². The van der Waals surface area contributed by atoms with Gasteiger partial charge in [0.15, 0.2) is 0 Å². The summed E-state index contributed by atoms with van der Waals surface area (Å²) in [7, 11) is 0. The second kappa shape index (κ2) is 7.24. The van der Waals surface area contributed by atoms with E-state index in [-0.39, 0.29) is 5.54 Å². The first-order valence-corrected chi connectivity index (χ1v) is 8.32. The predicted octanol–water partition coefficient (Wildman–Crippen LogP) is 3.29. The summed E-state index contributed by atoms with van der Waals surface area (Å²) in [6, 6.07) is 0.540. The molecule has 0 aromatic rings. The first kappa shape index (κ1) is 17.9. The Kier molecular flexibility index (Phi) is 6.49. The Labute approximate surface area is 126 Å². The highest BCUT2D eigenvalue weighted by atomic mass is 16.5. The third-order valence-corrected chi connectivity index (χ3v) is 4.77. The minimum Gasteiger partial charge on any atom is -0.376 e. The summed E-state index contributed by atoms with van der Waals surface area (Å²) in [5.74, 6) is 0. The normalized spacial score (nSPS) is 25.9. The second-order valence-corrected chi connectivity index (χ2v) is 7.73. The van der Waals surface area contributed by atoms with Crippen LogP contribution in [0.15, 0.2) is 0 Å². The molecule has 1 aliphatic heterocycles. The Bertz CT molecular complexity index is 281. The lowest BCUT2D eigenvalue weighted by Crippen LogP contribution is -2.54. The molecule has 0 amide bonds. The molecule has 0 bridgehead atoms. The number of hydrogen-bond donors (Lipinski definition) is 1. The monoisotopic (exact) mass is 284 g/mol. The lowest BCUT2D eigenvalue weighted by molar-refractivity contribution is -0.0644. The Morgan fingerprint density at radius 2 is 1.75 bits per heavy atom. The van der Waals surface area contributed by atoms with Crippen LogP contribution in [0.5, 0.6) is 0 Å². The van der Waals surface area contributed by atoms with Gasteiger partial charge in [0.1, 0.15) is 0 Å². The molecular weight excluding hydrogens is 248 g/mol. The summed E-state index contributed by atoms with van der Waals surface area (Å²) in [5.41, 5.74) is 0.568. The number of hydrogen-bond acceptors (Lipinski definition) is 3. The van der Waals surface area contributed by atoms with E-state index < -0.39 is 0 Å². The number of nitrogens with zero attached hydrogens (tertiary/aromatic N) is 1. The highest BCUT2D eigenvalue weighted by Gasteiger charge is 2.33. The van der Waals surface area contributed by atoms with Crippen molar-refractivity contribution in [3.8, 4) is 0 Å². The minimum absolute atomic E-state index is 0.194. The van der Waals surface area contributed by atoms with Crippen LogP contribution < -0.4 is 5.32 Å². The fraction of sp³-hybridized carbons (Fsp3) is 1.00. The number of nitrogens with one attached hydrogen (secondary N) is 1. The SMILES string of the molecule is CCC(CC)(CNC(C)(C)C)CN1CC(C)OCC1C. The molecule has 1 heterocycles. The first-order chi connectivity index (χ1) is 9.21. The van der Waals surface area contributed by atoms with Gasteiger partial charge in [-0.05, 0) is 52.9 Å². The van der Waals surface area contributed by atoms with Crippen LogP contribution in [0.4, 0.5) is 0 Å². The zero-order valence-electron chi connectivity index (χ0n) is 14.8. The van der Waals surface area contributed by atoms with Crippen molar-refractivity contribution in [1.82, 2.24) is 10.2 Å². The van der Waals surface area contributed by atoms with Gasteiger partial charge in [-0.15, -0.1) is 0 Å². The van der Waals surface area contributed by atoms with E-state index in [9.17, 15) is 0 Å². The van der Waals surface area contributed by atoms with Crippen molar-refractivity contribution in [3.63, 3.8) is 0 Å². The fourth-order valence-electron chi connectivity index (χ4n) is 2.86. The third-order valence-electron chi connectivity index (χ3n) is 4.77. The van der Waals surface area contributed by atoms with Crippen molar-refractivity contribution < 1.29 is 4.74 Å². The maximum absolute atomic E-state index is 5.76. The predicted molar refractivity (Wildman–Crippen MR) is 87.2 cm³/mol. The molecule has 2 unspecified atom stereocenters. The van der Waals surface area contributed by atoms with Gasteiger partial charge in [0, 0.05) is 31.2 Å². The van der Waals surface area contributed by atoms with Crippen molar-refractivity contribution in [3.05, 3.63) is 0 Å². The molecule has 3 nitrogen and oxygen atoms in total. The summed E-state index contributed by atoms with van der Waals surface area (Å²) in [5, 5.41) is 3.72. The summed E-state index contributed by atoms with van der Waals surface area (Å²) < 4.78 is 5.76. The molecule has 0 aromatic heterocycles. The molecule has 0 spiro atoms. The molecule has 0 aromatic carbocycles. The first-order valence-electron chi connectivity index (χ1n) is 8.32. The molecule has 3 heteroatoms. The van der Waals surface area contributed by atoms with E-state index in [4.69, 9.17) is 4.74 Å². The van der Waals surface area contributed by atoms with Crippen molar-refractivity contribution in [2.75, 3.05) is 26.2 Å². The molecule has 1 aliphatic rings. The summed E-state index contributed by atoms with van der Waals surface area (Å²) >= 11 is 0. The number of morpholine rings is 1. The van der Waals surface area contributed by atoms with Gasteiger partial charge in [-0.1, -0.05) is 13.8 Å². The van der Waals surface area contributed by atoms with Crippen molar-refractivity contribution in [2.24, 2.45) is 5.41 Å².